The quantitative estimate of drug-likeness (QED) is 0.548. The van der Waals surface area contributed by atoms with Crippen LogP contribution in [0.4, 0.5) is 0 Å². The molecular weight excluding hydrogens is 306 g/mol. The lowest BCUT2D eigenvalue weighted by Crippen LogP contribution is -2.11. The summed E-state index contributed by atoms with van der Waals surface area (Å²) in [5.74, 6) is 1.76. The monoisotopic (exact) mass is 341 g/mol. The van der Waals surface area contributed by atoms with Gasteiger partial charge >= 0.3 is 0 Å². The van der Waals surface area contributed by atoms with Crippen LogP contribution < -0.4 is 4.74 Å². The molecule has 2 aliphatic carbocycles. The van der Waals surface area contributed by atoms with Gasteiger partial charge in [-0.3, -0.25) is 4.99 Å². The van der Waals surface area contributed by atoms with Crippen LogP contribution >= 0.6 is 0 Å². The molecule has 0 aromatic heterocycles. The van der Waals surface area contributed by atoms with Crippen LogP contribution in [0.5, 0.6) is 5.75 Å². The standard InChI is InChI=1S/C23H35NO/c1-2-25-23-20(18-24-21-15-9-6-10-16-21)14-11-17-22(23)19-12-7-4-3-5-8-13-19/h11,14,17-19,21H,2-10,12-13,15-16H2,1H3/b24-18+. The van der Waals surface area contributed by atoms with Crippen LogP contribution in [0.2, 0.25) is 0 Å². The van der Waals surface area contributed by atoms with Crippen molar-refractivity contribution in [2.75, 3.05) is 6.61 Å². The third-order valence-corrected chi connectivity index (χ3v) is 5.91. The molecule has 0 amide bonds. The number of para-hydroxylation sites is 1. The molecule has 2 fully saturated rings. The molecule has 1 aromatic rings. The Kier molecular flexibility index (Phi) is 7.38. The van der Waals surface area contributed by atoms with Gasteiger partial charge in [-0.2, -0.15) is 0 Å². The molecule has 0 N–H and O–H groups in total. The summed E-state index contributed by atoms with van der Waals surface area (Å²) in [5.41, 5.74) is 2.61. The predicted octanol–water partition coefficient (Wildman–Crippen LogP) is 6.66. The zero-order valence-corrected chi connectivity index (χ0v) is 16.0. The first-order valence-electron chi connectivity index (χ1n) is 10.7. The normalized spacial score (nSPS) is 21.2. The molecule has 0 saturated heterocycles. The van der Waals surface area contributed by atoms with Crippen molar-refractivity contribution in [2.45, 2.75) is 95.9 Å². The number of benzene rings is 1. The fraction of sp³-hybridized carbons (Fsp3) is 0.696. The number of hydrogen-bond acceptors (Lipinski definition) is 2. The molecule has 0 atom stereocenters. The zero-order valence-electron chi connectivity index (χ0n) is 16.0. The lowest BCUT2D eigenvalue weighted by atomic mass is 9.85. The van der Waals surface area contributed by atoms with Crippen molar-refractivity contribution in [1.82, 2.24) is 0 Å². The molecule has 0 heterocycles. The van der Waals surface area contributed by atoms with Crippen LogP contribution in [0.3, 0.4) is 0 Å². The maximum absolute atomic E-state index is 6.14. The molecule has 0 spiro atoms. The summed E-state index contributed by atoms with van der Waals surface area (Å²) in [6.45, 7) is 2.82. The lowest BCUT2D eigenvalue weighted by molar-refractivity contribution is 0.329. The maximum atomic E-state index is 6.14. The van der Waals surface area contributed by atoms with Crippen molar-refractivity contribution in [3.8, 4) is 5.75 Å². The Morgan fingerprint density at radius 1 is 0.920 bits per heavy atom. The number of aliphatic imine (C=N–C) groups is 1. The summed E-state index contributed by atoms with van der Waals surface area (Å²) in [6, 6.07) is 7.21. The molecule has 0 aliphatic heterocycles. The maximum Gasteiger partial charge on any atom is 0.131 e. The molecule has 2 saturated carbocycles. The van der Waals surface area contributed by atoms with Crippen molar-refractivity contribution >= 4 is 6.21 Å². The van der Waals surface area contributed by atoms with Gasteiger partial charge in [-0.05, 0) is 50.2 Å². The van der Waals surface area contributed by atoms with E-state index < -0.39 is 0 Å². The highest BCUT2D eigenvalue weighted by atomic mass is 16.5. The van der Waals surface area contributed by atoms with Crippen molar-refractivity contribution in [3.05, 3.63) is 29.3 Å². The molecule has 0 bridgehead atoms. The van der Waals surface area contributed by atoms with Gasteiger partial charge in [0.25, 0.3) is 0 Å². The number of nitrogens with zero attached hydrogens (tertiary/aromatic N) is 1. The van der Waals surface area contributed by atoms with Crippen LogP contribution in [-0.2, 0) is 0 Å². The minimum absolute atomic E-state index is 0.522. The smallest absolute Gasteiger partial charge is 0.131 e. The Labute approximate surface area is 154 Å². The van der Waals surface area contributed by atoms with Gasteiger partial charge in [0.1, 0.15) is 5.75 Å². The van der Waals surface area contributed by atoms with E-state index in [1.165, 1.54) is 88.2 Å². The Bertz CT molecular complexity index is 537. The Morgan fingerprint density at radius 2 is 1.56 bits per heavy atom. The van der Waals surface area contributed by atoms with Gasteiger partial charge in [-0.15, -0.1) is 0 Å². The molecule has 2 heteroatoms. The van der Waals surface area contributed by atoms with Crippen molar-refractivity contribution in [3.63, 3.8) is 0 Å². The van der Waals surface area contributed by atoms with Crippen LogP contribution in [0.1, 0.15) is 101 Å². The first kappa shape index (κ1) is 18.5. The van der Waals surface area contributed by atoms with E-state index in [0.717, 1.165) is 12.4 Å². The number of hydrogen-bond donors (Lipinski definition) is 0. The minimum Gasteiger partial charge on any atom is -0.493 e. The van der Waals surface area contributed by atoms with E-state index in [4.69, 9.17) is 9.73 Å². The van der Waals surface area contributed by atoms with Crippen LogP contribution in [0.25, 0.3) is 0 Å². The van der Waals surface area contributed by atoms with Gasteiger partial charge in [0.05, 0.1) is 6.61 Å². The molecular formula is C23H35NO. The number of rotatable bonds is 5. The second kappa shape index (κ2) is 9.99. The second-order valence-corrected chi connectivity index (χ2v) is 7.81. The first-order valence-corrected chi connectivity index (χ1v) is 10.7. The zero-order chi connectivity index (χ0) is 17.3. The SMILES string of the molecule is CCOc1c(/C=N/C2CCCCC2)cccc1C1CCCCCCC1. The van der Waals surface area contributed by atoms with Crippen LogP contribution in [-0.4, -0.2) is 18.9 Å². The highest BCUT2D eigenvalue weighted by Crippen LogP contribution is 2.37. The topological polar surface area (TPSA) is 21.6 Å². The summed E-state index contributed by atoms with van der Waals surface area (Å²) >= 11 is 0. The minimum atomic E-state index is 0.522. The van der Waals surface area contributed by atoms with E-state index in [2.05, 4.69) is 31.3 Å². The van der Waals surface area contributed by atoms with Gasteiger partial charge < -0.3 is 4.74 Å². The average Bonchev–Trinajstić information content (AvgIpc) is 2.62. The molecule has 2 aliphatic rings. The Morgan fingerprint density at radius 3 is 2.28 bits per heavy atom. The van der Waals surface area contributed by atoms with E-state index >= 15 is 0 Å². The molecule has 0 radical (unpaired) electrons. The molecule has 25 heavy (non-hydrogen) atoms. The van der Waals surface area contributed by atoms with Gasteiger partial charge in [0, 0.05) is 17.8 Å². The summed E-state index contributed by atoms with van der Waals surface area (Å²) in [5, 5.41) is 0. The molecule has 3 rings (SSSR count). The second-order valence-electron chi connectivity index (χ2n) is 7.81. The van der Waals surface area contributed by atoms with Crippen molar-refractivity contribution < 1.29 is 4.74 Å². The molecule has 2 nitrogen and oxygen atoms in total. The van der Waals surface area contributed by atoms with Gasteiger partial charge in [0.2, 0.25) is 0 Å². The third-order valence-electron chi connectivity index (χ3n) is 5.91. The van der Waals surface area contributed by atoms with E-state index in [1.807, 2.05) is 0 Å². The fourth-order valence-electron chi connectivity index (χ4n) is 4.49. The van der Waals surface area contributed by atoms with Gasteiger partial charge in [-0.1, -0.05) is 63.5 Å². The van der Waals surface area contributed by atoms with Gasteiger partial charge in [-0.25, -0.2) is 0 Å². The third kappa shape index (κ3) is 5.33. The van der Waals surface area contributed by atoms with Gasteiger partial charge in [0.15, 0.2) is 0 Å². The Hall–Kier alpha value is -1.31. The summed E-state index contributed by atoms with van der Waals surface area (Å²) in [4.78, 5) is 4.91. The van der Waals surface area contributed by atoms with Crippen molar-refractivity contribution in [1.29, 1.82) is 0 Å². The highest BCUT2D eigenvalue weighted by Gasteiger charge is 2.19. The van der Waals surface area contributed by atoms with E-state index in [-0.39, 0.29) is 0 Å². The lowest BCUT2D eigenvalue weighted by Gasteiger charge is -2.23. The van der Waals surface area contributed by atoms with E-state index in [1.54, 1.807) is 0 Å². The number of ether oxygens (including phenoxy) is 1. The Balaban J connectivity index is 1.81. The average molecular weight is 342 g/mol. The summed E-state index contributed by atoms with van der Waals surface area (Å²) < 4.78 is 6.14. The van der Waals surface area contributed by atoms with Crippen molar-refractivity contribution in [2.24, 2.45) is 4.99 Å². The summed E-state index contributed by atoms with van der Waals surface area (Å²) in [7, 11) is 0. The highest BCUT2D eigenvalue weighted by molar-refractivity contribution is 5.84. The summed E-state index contributed by atoms with van der Waals surface area (Å²) in [6.07, 6.45) is 18.2. The van der Waals surface area contributed by atoms with Crippen LogP contribution in [0, 0.1) is 0 Å². The molecule has 138 valence electrons. The fourth-order valence-corrected chi connectivity index (χ4v) is 4.49. The predicted molar refractivity (Wildman–Crippen MR) is 107 cm³/mol. The first-order chi connectivity index (χ1) is 12.4. The largest absolute Gasteiger partial charge is 0.493 e. The van der Waals surface area contributed by atoms with E-state index in [0.29, 0.717) is 12.0 Å². The molecule has 1 aromatic carbocycles. The van der Waals surface area contributed by atoms with E-state index in [9.17, 15) is 0 Å². The molecule has 0 unspecified atom stereocenters. The van der Waals surface area contributed by atoms with Crippen LogP contribution in [0.15, 0.2) is 23.2 Å².